The van der Waals surface area contributed by atoms with Crippen molar-refractivity contribution in [2.75, 3.05) is 18.5 Å². The molecule has 0 aliphatic heterocycles. The third-order valence-electron chi connectivity index (χ3n) is 5.58. The van der Waals surface area contributed by atoms with Crippen LogP contribution in [0, 0.1) is 0 Å². The van der Waals surface area contributed by atoms with Crippen molar-refractivity contribution >= 4 is 17.4 Å². The van der Waals surface area contributed by atoms with Gasteiger partial charge < -0.3 is 14.8 Å². The number of hydrogen-bond donors (Lipinski definition) is 1. The summed E-state index contributed by atoms with van der Waals surface area (Å²) in [5.41, 5.74) is 4.76. The van der Waals surface area contributed by atoms with E-state index in [1.807, 2.05) is 53.1 Å². The summed E-state index contributed by atoms with van der Waals surface area (Å²) in [4.78, 5) is 17.0. The van der Waals surface area contributed by atoms with Gasteiger partial charge in [-0.2, -0.15) is 0 Å². The lowest BCUT2D eigenvalue weighted by atomic mass is 9.86. The largest absolute Gasteiger partial charge is 0.485 e. The van der Waals surface area contributed by atoms with E-state index in [0.717, 1.165) is 22.6 Å². The Morgan fingerprint density at radius 1 is 1.00 bits per heavy atom. The minimum absolute atomic E-state index is 0.0454. The van der Waals surface area contributed by atoms with Gasteiger partial charge in [0.15, 0.2) is 11.4 Å². The third kappa shape index (κ3) is 5.22. The Kier molecular flexibility index (Phi) is 6.87. The zero-order valence-electron chi connectivity index (χ0n) is 20.2. The topological polar surface area (TPSA) is 64.9 Å². The van der Waals surface area contributed by atoms with E-state index < -0.39 is 0 Å². The van der Waals surface area contributed by atoms with Gasteiger partial charge in [-0.15, -0.1) is 0 Å². The van der Waals surface area contributed by atoms with Gasteiger partial charge in [-0.05, 0) is 35.6 Å². The number of esters is 1. The quantitative estimate of drug-likeness (QED) is 0.336. The SMILES string of the molecule is CCOC(=O)CNc1c(-c2ccc(C(C)(C)C)cc2)nc2c(OCc3ccccc3)cccn12. The third-order valence-corrected chi connectivity index (χ3v) is 5.58. The van der Waals surface area contributed by atoms with Crippen molar-refractivity contribution in [3.05, 3.63) is 84.1 Å². The molecule has 0 bridgehead atoms. The summed E-state index contributed by atoms with van der Waals surface area (Å²) in [6.45, 7) is 9.19. The lowest BCUT2D eigenvalue weighted by molar-refractivity contribution is -0.140. The fourth-order valence-corrected chi connectivity index (χ4v) is 3.76. The van der Waals surface area contributed by atoms with Gasteiger partial charge in [0.2, 0.25) is 0 Å². The molecular weight excluding hydrogens is 426 g/mol. The number of nitrogens with one attached hydrogen (secondary N) is 1. The Morgan fingerprint density at radius 2 is 1.74 bits per heavy atom. The molecule has 0 aliphatic carbocycles. The van der Waals surface area contributed by atoms with Gasteiger partial charge in [0.25, 0.3) is 0 Å². The van der Waals surface area contributed by atoms with Crippen LogP contribution in [0.25, 0.3) is 16.9 Å². The van der Waals surface area contributed by atoms with Gasteiger partial charge in [0, 0.05) is 11.8 Å². The van der Waals surface area contributed by atoms with Gasteiger partial charge in [-0.1, -0.05) is 75.4 Å². The van der Waals surface area contributed by atoms with E-state index in [4.69, 9.17) is 14.5 Å². The molecule has 0 unspecified atom stereocenters. The first-order valence-electron chi connectivity index (χ1n) is 11.5. The first-order chi connectivity index (χ1) is 16.4. The Morgan fingerprint density at radius 3 is 2.41 bits per heavy atom. The van der Waals surface area contributed by atoms with Crippen molar-refractivity contribution in [1.29, 1.82) is 0 Å². The zero-order valence-corrected chi connectivity index (χ0v) is 20.2. The van der Waals surface area contributed by atoms with Gasteiger partial charge >= 0.3 is 5.97 Å². The number of rotatable bonds is 8. The van der Waals surface area contributed by atoms with Gasteiger partial charge in [-0.25, -0.2) is 4.98 Å². The van der Waals surface area contributed by atoms with Crippen molar-refractivity contribution in [1.82, 2.24) is 9.38 Å². The molecule has 34 heavy (non-hydrogen) atoms. The molecule has 0 aliphatic rings. The van der Waals surface area contributed by atoms with Crippen molar-refractivity contribution < 1.29 is 14.3 Å². The Bertz CT molecular complexity index is 1260. The number of carbonyl (C=O) groups excluding carboxylic acids is 1. The molecule has 1 N–H and O–H groups in total. The number of pyridine rings is 1. The molecule has 2 aromatic heterocycles. The monoisotopic (exact) mass is 457 g/mol. The van der Waals surface area contributed by atoms with E-state index in [1.165, 1.54) is 5.56 Å². The maximum absolute atomic E-state index is 12.1. The van der Waals surface area contributed by atoms with Gasteiger partial charge in [0.05, 0.1) is 6.61 Å². The number of carbonyl (C=O) groups is 1. The summed E-state index contributed by atoms with van der Waals surface area (Å²) in [6, 6.07) is 22.2. The fraction of sp³-hybridized carbons (Fsp3) is 0.286. The smallest absolute Gasteiger partial charge is 0.325 e. The number of nitrogens with zero attached hydrogens (tertiary/aromatic N) is 2. The Labute approximate surface area is 200 Å². The molecule has 6 heteroatoms. The number of imidazole rings is 1. The normalized spacial score (nSPS) is 11.4. The Balaban J connectivity index is 1.73. The van der Waals surface area contributed by atoms with Gasteiger partial charge in [0.1, 0.15) is 24.7 Å². The molecule has 2 heterocycles. The molecule has 0 amide bonds. The first kappa shape index (κ1) is 23.4. The molecule has 6 nitrogen and oxygen atoms in total. The van der Waals surface area contributed by atoms with E-state index >= 15 is 0 Å². The molecule has 4 aromatic rings. The van der Waals surface area contributed by atoms with Crippen LogP contribution in [0.5, 0.6) is 5.75 Å². The van der Waals surface area contributed by atoms with Crippen LogP contribution in [0.1, 0.15) is 38.8 Å². The predicted octanol–water partition coefficient (Wildman–Crippen LogP) is 5.85. The van der Waals surface area contributed by atoms with Crippen LogP contribution in [-0.2, 0) is 21.6 Å². The van der Waals surface area contributed by atoms with Crippen molar-refractivity contribution in [2.24, 2.45) is 0 Å². The fourth-order valence-electron chi connectivity index (χ4n) is 3.76. The van der Waals surface area contributed by atoms with Crippen LogP contribution < -0.4 is 10.1 Å². The minimum Gasteiger partial charge on any atom is -0.485 e. The number of ether oxygens (including phenoxy) is 2. The van der Waals surface area contributed by atoms with Crippen LogP contribution in [0.2, 0.25) is 0 Å². The van der Waals surface area contributed by atoms with E-state index in [2.05, 4.69) is 50.4 Å². The average molecular weight is 458 g/mol. The molecule has 0 atom stereocenters. The molecule has 0 saturated carbocycles. The Hall–Kier alpha value is -3.80. The highest BCUT2D eigenvalue weighted by Gasteiger charge is 2.19. The average Bonchev–Trinajstić information content (AvgIpc) is 3.21. The molecule has 0 saturated heterocycles. The summed E-state index contributed by atoms with van der Waals surface area (Å²) in [7, 11) is 0. The molecule has 0 fully saturated rings. The molecule has 176 valence electrons. The summed E-state index contributed by atoms with van der Waals surface area (Å²) in [6.07, 6.45) is 1.91. The van der Waals surface area contributed by atoms with Crippen molar-refractivity contribution in [3.63, 3.8) is 0 Å². The van der Waals surface area contributed by atoms with E-state index in [-0.39, 0.29) is 17.9 Å². The second kappa shape index (κ2) is 10.00. The summed E-state index contributed by atoms with van der Waals surface area (Å²) in [5.74, 6) is 1.07. The zero-order chi connectivity index (χ0) is 24.1. The molecule has 0 radical (unpaired) electrons. The van der Waals surface area contributed by atoms with Crippen LogP contribution in [0.15, 0.2) is 72.9 Å². The maximum Gasteiger partial charge on any atom is 0.325 e. The summed E-state index contributed by atoms with van der Waals surface area (Å²) in [5, 5.41) is 3.24. The number of hydrogen-bond acceptors (Lipinski definition) is 5. The second-order valence-electron chi connectivity index (χ2n) is 9.14. The molecule has 4 rings (SSSR count). The predicted molar refractivity (Wildman–Crippen MR) is 135 cm³/mol. The van der Waals surface area contributed by atoms with Crippen molar-refractivity contribution in [2.45, 2.75) is 39.7 Å². The van der Waals surface area contributed by atoms with Crippen LogP contribution >= 0.6 is 0 Å². The highest BCUT2D eigenvalue weighted by atomic mass is 16.5. The molecule has 2 aromatic carbocycles. The minimum atomic E-state index is -0.317. The van der Waals surface area contributed by atoms with Crippen LogP contribution in [0.3, 0.4) is 0 Å². The molecular formula is C28H31N3O3. The van der Waals surface area contributed by atoms with Crippen molar-refractivity contribution in [3.8, 4) is 17.0 Å². The highest BCUT2D eigenvalue weighted by molar-refractivity contribution is 5.82. The molecule has 0 spiro atoms. The standard InChI is InChI=1S/C28H31N3O3/c1-5-33-24(32)18-29-27-25(21-13-15-22(16-14-21)28(2,3)4)30-26-23(12-9-17-31(26)27)34-19-20-10-7-6-8-11-20/h6-17,29H,5,18-19H2,1-4H3. The second-order valence-corrected chi connectivity index (χ2v) is 9.14. The number of fused-ring (bicyclic) bond motifs is 1. The lowest BCUT2D eigenvalue weighted by Crippen LogP contribution is -2.18. The van der Waals surface area contributed by atoms with E-state index in [0.29, 0.717) is 24.6 Å². The summed E-state index contributed by atoms with van der Waals surface area (Å²) >= 11 is 0. The van der Waals surface area contributed by atoms with Gasteiger partial charge in [-0.3, -0.25) is 9.20 Å². The number of aromatic nitrogens is 2. The highest BCUT2D eigenvalue weighted by Crippen LogP contribution is 2.34. The lowest BCUT2D eigenvalue weighted by Gasteiger charge is -2.19. The summed E-state index contributed by atoms with van der Waals surface area (Å²) < 4.78 is 13.2. The number of benzene rings is 2. The van der Waals surface area contributed by atoms with E-state index in [1.54, 1.807) is 6.92 Å². The van der Waals surface area contributed by atoms with Crippen LogP contribution in [-0.4, -0.2) is 28.5 Å². The number of anilines is 1. The maximum atomic E-state index is 12.1. The van der Waals surface area contributed by atoms with E-state index in [9.17, 15) is 4.79 Å². The first-order valence-corrected chi connectivity index (χ1v) is 11.5. The van der Waals surface area contributed by atoms with Crippen LogP contribution in [0.4, 0.5) is 5.82 Å².